The Morgan fingerprint density at radius 1 is 1.20 bits per heavy atom. The number of aliphatic hydroxyl groups excluding tert-OH is 1. The molecule has 2 rings (SSSR count). The molecule has 0 saturated carbocycles. The highest BCUT2D eigenvalue weighted by Crippen LogP contribution is 2.10. The predicted molar refractivity (Wildman–Crippen MR) is 53.7 cm³/mol. The van der Waals surface area contributed by atoms with Crippen LogP contribution < -0.4 is 0 Å². The molecule has 0 unspecified atom stereocenters. The van der Waals surface area contributed by atoms with Crippen LogP contribution in [0.2, 0.25) is 0 Å². The van der Waals surface area contributed by atoms with Crippen LogP contribution >= 0.6 is 0 Å². The molecule has 0 amide bonds. The first kappa shape index (κ1) is 9.67. The highest BCUT2D eigenvalue weighted by Gasteiger charge is 2.02. The first-order valence-corrected chi connectivity index (χ1v) is 4.51. The van der Waals surface area contributed by atoms with Gasteiger partial charge in [0, 0.05) is 24.2 Å². The zero-order valence-corrected chi connectivity index (χ0v) is 8.25. The summed E-state index contributed by atoms with van der Waals surface area (Å²) in [5, 5.41) is 8.84. The van der Waals surface area contributed by atoms with E-state index in [0.717, 1.165) is 0 Å². The van der Waals surface area contributed by atoms with Crippen LogP contribution in [0, 0.1) is 6.92 Å². The Hall–Kier alpha value is -1.88. The summed E-state index contributed by atoms with van der Waals surface area (Å²) in [7, 11) is 0. The van der Waals surface area contributed by atoms with Crippen LogP contribution in [0.1, 0.15) is 11.4 Å². The summed E-state index contributed by atoms with van der Waals surface area (Å²) in [5.74, 6) is 1.22. The number of aromatic nitrogens is 4. The van der Waals surface area contributed by atoms with E-state index in [1.165, 1.54) is 0 Å². The topological polar surface area (TPSA) is 71.8 Å². The standard InChI is InChI=1S/C10H10N4O/c1-7-11-3-2-9(14-7)10-12-4-8(6-15)5-13-10/h2-5,15H,6H2,1H3. The van der Waals surface area contributed by atoms with Gasteiger partial charge in [0.05, 0.1) is 6.61 Å². The fourth-order valence-electron chi connectivity index (χ4n) is 1.15. The van der Waals surface area contributed by atoms with Crippen molar-refractivity contribution in [3.63, 3.8) is 0 Å². The number of aryl methyl sites for hydroxylation is 1. The minimum atomic E-state index is -0.0525. The van der Waals surface area contributed by atoms with E-state index in [1.54, 1.807) is 24.7 Å². The van der Waals surface area contributed by atoms with Gasteiger partial charge >= 0.3 is 0 Å². The van der Waals surface area contributed by atoms with Gasteiger partial charge < -0.3 is 5.11 Å². The van der Waals surface area contributed by atoms with E-state index < -0.39 is 0 Å². The molecule has 0 aliphatic carbocycles. The molecule has 1 N–H and O–H groups in total. The van der Waals surface area contributed by atoms with Crippen LogP contribution in [-0.2, 0) is 6.61 Å². The van der Waals surface area contributed by atoms with Crippen LogP contribution in [0.5, 0.6) is 0 Å². The summed E-state index contributed by atoms with van der Waals surface area (Å²) >= 11 is 0. The largest absolute Gasteiger partial charge is 0.392 e. The lowest BCUT2D eigenvalue weighted by Crippen LogP contribution is -1.96. The second-order valence-electron chi connectivity index (χ2n) is 3.06. The van der Waals surface area contributed by atoms with Crippen molar-refractivity contribution in [1.29, 1.82) is 0 Å². The molecule has 0 atom stereocenters. The van der Waals surface area contributed by atoms with E-state index >= 15 is 0 Å². The molecular formula is C10H10N4O. The lowest BCUT2D eigenvalue weighted by Gasteiger charge is -2.00. The molecule has 5 nitrogen and oxygen atoms in total. The summed E-state index contributed by atoms with van der Waals surface area (Å²) in [4.78, 5) is 16.4. The summed E-state index contributed by atoms with van der Waals surface area (Å²) in [6, 6.07) is 1.75. The second kappa shape index (κ2) is 4.10. The van der Waals surface area contributed by atoms with Crippen LogP contribution in [0.3, 0.4) is 0 Å². The molecule has 0 radical (unpaired) electrons. The lowest BCUT2D eigenvalue weighted by atomic mass is 10.3. The summed E-state index contributed by atoms with van der Waals surface area (Å²) in [6.07, 6.45) is 4.83. The Labute approximate surface area is 86.9 Å². The molecule has 0 spiro atoms. The van der Waals surface area contributed by atoms with Crippen LogP contribution in [-0.4, -0.2) is 25.0 Å². The maximum Gasteiger partial charge on any atom is 0.178 e. The van der Waals surface area contributed by atoms with Gasteiger partial charge in [0.25, 0.3) is 0 Å². The van der Waals surface area contributed by atoms with Gasteiger partial charge in [-0.05, 0) is 13.0 Å². The fraction of sp³-hybridized carbons (Fsp3) is 0.200. The SMILES string of the molecule is Cc1nccc(-c2ncc(CO)cn2)n1. The molecule has 76 valence electrons. The highest BCUT2D eigenvalue weighted by atomic mass is 16.3. The maximum absolute atomic E-state index is 8.84. The van der Waals surface area contributed by atoms with Gasteiger partial charge in [0.1, 0.15) is 11.5 Å². The van der Waals surface area contributed by atoms with Crippen LogP contribution in [0.4, 0.5) is 0 Å². The average Bonchev–Trinajstić information content (AvgIpc) is 2.29. The van der Waals surface area contributed by atoms with E-state index in [4.69, 9.17) is 5.11 Å². The lowest BCUT2D eigenvalue weighted by molar-refractivity contribution is 0.281. The molecule has 0 saturated heterocycles. The smallest absolute Gasteiger partial charge is 0.178 e. The third-order valence-electron chi connectivity index (χ3n) is 1.89. The van der Waals surface area contributed by atoms with Gasteiger partial charge in [-0.1, -0.05) is 0 Å². The monoisotopic (exact) mass is 202 g/mol. The fourth-order valence-corrected chi connectivity index (χ4v) is 1.15. The van der Waals surface area contributed by atoms with Crippen molar-refractivity contribution in [1.82, 2.24) is 19.9 Å². The van der Waals surface area contributed by atoms with Gasteiger partial charge in [-0.15, -0.1) is 0 Å². The average molecular weight is 202 g/mol. The van der Waals surface area contributed by atoms with Crippen molar-refractivity contribution >= 4 is 0 Å². The quantitative estimate of drug-likeness (QED) is 0.777. The van der Waals surface area contributed by atoms with E-state index in [9.17, 15) is 0 Å². The van der Waals surface area contributed by atoms with Crippen molar-refractivity contribution in [3.05, 3.63) is 36.0 Å². The first-order valence-electron chi connectivity index (χ1n) is 4.51. The minimum absolute atomic E-state index is 0.0525. The van der Waals surface area contributed by atoms with Gasteiger partial charge in [0.15, 0.2) is 5.82 Å². The number of hydrogen-bond donors (Lipinski definition) is 1. The Bertz CT molecular complexity index is 455. The molecule has 15 heavy (non-hydrogen) atoms. The third-order valence-corrected chi connectivity index (χ3v) is 1.89. The molecular weight excluding hydrogens is 192 g/mol. The van der Waals surface area contributed by atoms with Crippen molar-refractivity contribution in [2.75, 3.05) is 0 Å². The number of nitrogens with zero attached hydrogens (tertiary/aromatic N) is 4. The minimum Gasteiger partial charge on any atom is -0.392 e. The van der Waals surface area contributed by atoms with E-state index in [1.807, 2.05) is 6.92 Å². The molecule has 0 bridgehead atoms. The van der Waals surface area contributed by atoms with Crippen LogP contribution in [0.15, 0.2) is 24.7 Å². The zero-order chi connectivity index (χ0) is 10.7. The molecule has 0 aliphatic heterocycles. The van der Waals surface area contributed by atoms with Crippen LogP contribution in [0.25, 0.3) is 11.5 Å². The Kier molecular flexibility index (Phi) is 2.64. The molecule has 5 heteroatoms. The first-order chi connectivity index (χ1) is 7.29. The summed E-state index contributed by atoms with van der Waals surface area (Å²) in [6.45, 7) is 1.76. The molecule has 2 heterocycles. The van der Waals surface area contributed by atoms with Gasteiger partial charge in [0.2, 0.25) is 0 Å². The molecule has 2 aromatic rings. The van der Waals surface area contributed by atoms with E-state index in [0.29, 0.717) is 22.9 Å². The normalized spacial score (nSPS) is 10.3. The van der Waals surface area contributed by atoms with Gasteiger partial charge in [-0.25, -0.2) is 19.9 Å². The Morgan fingerprint density at radius 2 is 1.93 bits per heavy atom. The van der Waals surface area contributed by atoms with Crippen molar-refractivity contribution in [2.45, 2.75) is 13.5 Å². The zero-order valence-electron chi connectivity index (χ0n) is 8.25. The molecule has 0 aromatic carbocycles. The Morgan fingerprint density at radius 3 is 2.53 bits per heavy atom. The third kappa shape index (κ3) is 2.13. The number of aliphatic hydroxyl groups is 1. The van der Waals surface area contributed by atoms with E-state index in [2.05, 4.69) is 19.9 Å². The number of hydrogen-bond acceptors (Lipinski definition) is 5. The van der Waals surface area contributed by atoms with E-state index in [-0.39, 0.29) is 6.61 Å². The summed E-state index contributed by atoms with van der Waals surface area (Å²) < 4.78 is 0. The second-order valence-corrected chi connectivity index (χ2v) is 3.06. The molecule has 0 fully saturated rings. The predicted octanol–water partition coefficient (Wildman–Crippen LogP) is 0.734. The Balaban J connectivity index is 2.37. The van der Waals surface area contributed by atoms with Crippen molar-refractivity contribution < 1.29 is 5.11 Å². The summed E-state index contributed by atoms with van der Waals surface area (Å²) in [5.41, 5.74) is 1.37. The maximum atomic E-state index is 8.84. The van der Waals surface area contributed by atoms with Crippen molar-refractivity contribution in [3.8, 4) is 11.5 Å². The number of rotatable bonds is 2. The van der Waals surface area contributed by atoms with Crippen molar-refractivity contribution in [2.24, 2.45) is 0 Å². The van der Waals surface area contributed by atoms with Gasteiger partial charge in [-0.3, -0.25) is 0 Å². The molecule has 2 aromatic heterocycles. The molecule has 0 aliphatic rings. The highest BCUT2D eigenvalue weighted by molar-refractivity contribution is 5.47. The van der Waals surface area contributed by atoms with Gasteiger partial charge in [-0.2, -0.15) is 0 Å².